The number of benzene rings is 2. The van der Waals surface area contributed by atoms with Gasteiger partial charge in [0, 0.05) is 11.2 Å². The molecule has 6 nitrogen and oxygen atoms in total. The van der Waals surface area contributed by atoms with Gasteiger partial charge in [-0.1, -0.05) is 41.4 Å². The molecule has 0 atom stereocenters. The number of carbonyl (C=O) groups is 1. The highest BCUT2D eigenvalue weighted by molar-refractivity contribution is 7.80. The normalized spacial score (nSPS) is 10.4. The van der Waals surface area contributed by atoms with Gasteiger partial charge in [-0.05, 0) is 42.0 Å². The SMILES string of the molecule is COC(=O)c1ccccc1Cn1cc(NC(=S)Nc2ccc(Cl)cc2Cl)cn1. The van der Waals surface area contributed by atoms with E-state index >= 15 is 0 Å². The smallest absolute Gasteiger partial charge is 0.338 e. The molecular formula is C19H16Cl2N4O2S. The van der Waals surface area contributed by atoms with Gasteiger partial charge in [0.15, 0.2) is 5.11 Å². The average Bonchev–Trinajstić information content (AvgIpc) is 3.10. The van der Waals surface area contributed by atoms with Crippen LogP contribution in [0.2, 0.25) is 10.0 Å². The molecule has 0 unspecified atom stereocenters. The minimum atomic E-state index is -0.383. The first-order valence-electron chi connectivity index (χ1n) is 8.18. The third-order valence-corrected chi connectivity index (χ3v) is 4.58. The van der Waals surface area contributed by atoms with E-state index in [4.69, 9.17) is 40.2 Å². The predicted molar refractivity (Wildman–Crippen MR) is 115 cm³/mol. The first kappa shape index (κ1) is 20.1. The zero-order chi connectivity index (χ0) is 20.1. The van der Waals surface area contributed by atoms with Crippen molar-refractivity contribution in [3.63, 3.8) is 0 Å². The molecule has 1 aromatic heterocycles. The van der Waals surface area contributed by atoms with Gasteiger partial charge in [0.1, 0.15) is 0 Å². The van der Waals surface area contributed by atoms with E-state index in [1.54, 1.807) is 47.4 Å². The minimum Gasteiger partial charge on any atom is -0.465 e. The molecule has 0 bridgehead atoms. The molecule has 0 saturated carbocycles. The molecule has 0 saturated heterocycles. The molecule has 2 N–H and O–H groups in total. The van der Waals surface area contributed by atoms with Gasteiger partial charge in [-0.15, -0.1) is 0 Å². The van der Waals surface area contributed by atoms with Gasteiger partial charge in [-0.2, -0.15) is 5.10 Å². The van der Waals surface area contributed by atoms with Gasteiger partial charge in [0.25, 0.3) is 0 Å². The molecular weight excluding hydrogens is 419 g/mol. The van der Waals surface area contributed by atoms with Crippen LogP contribution >= 0.6 is 35.4 Å². The number of esters is 1. The summed E-state index contributed by atoms with van der Waals surface area (Å²) < 4.78 is 6.52. The lowest BCUT2D eigenvalue weighted by Crippen LogP contribution is -2.19. The van der Waals surface area contributed by atoms with Crippen molar-refractivity contribution in [3.8, 4) is 0 Å². The molecule has 28 heavy (non-hydrogen) atoms. The van der Waals surface area contributed by atoms with Crippen LogP contribution in [-0.2, 0) is 11.3 Å². The van der Waals surface area contributed by atoms with E-state index in [-0.39, 0.29) is 5.97 Å². The molecule has 0 spiro atoms. The van der Waals surface area contributed by atoms with Crippen molar-refractivity contribution in [2.75, 3.05) is 17.7 Å². The lowest BCUT2D eigenvalue weighted by atomic mass is 10.1. The largest absolute Gasteiger partial charge is 0.465 e. The Kier molecular flexibility index (Phi) is 6.51. The summed E-state index contributed by atoms with van der Waals surface area (Å²) in [6.45, 7) is 0.413. The second-order valence-corrected chi connectivity index (χ2v) is 7.03. The Morgan fingerprint density at radius 1 is 1.21 bits per heavy atom. The number of nitrogens with one attached hydrogen (secondary N) is 2. The third-order valence-electron chi connectivity index (χ3n) is 3.83. The Hall–Kier alpha value is -2.61. The van der Waals surface area contributed by atoms with Crippen molar-refractivity contribution in [2.24, 2.45) is 0 Å². The molecule has 0 aliphatic carbocycles. The summed E-state index contributed by atoms with van der Waals surface area (Å²) in [5, 5.41) is 11.7. The zero-order valence-corrected chi connectivity index (χ0v) is 17.1. The summed E-state index contributed by atoms with van der Waals surface area (Å²) in [6.07, 6.45) is 3.42. The van der Waals surface area contributed by atoms with Gasteiger partial charge >= 0.3 is 5.97 Å². The number of hydrogen-bond acceptors (Lipinski definition) is 4. The molecule has 2 aromatic carbocycles. The van der Waals surface area contributed by atoms with Crippen LogP contribution in [-0.4, -0.2) is 28.0 Å². The topological polar surface area (TPSA) is 68.2 Å². The molecule has 3 aromatic rings. The summed E-state index contributed by atoms with van der Waals surface area (Å²) in [7, 11) is 1.36. The monoisotopic (exact) mass is 434 g/mol. The van der Waals surface area contributed by atoms with Crippen LogP contribution in [0.5, 0.6) is 0 Å². The summed E-state index contributed by atoms with van der Waals surface area (Å²) in [6, 6.07) is 12.3. The number of aromatic nitrogens is 2. The quantitative estimate of drug-likeness (QED) is 0.442. The second-order valence-electron chi connectivity index (χ2n) is 5.78. The number of ether oxygens (including phenoxy) is 1. The summed E-state index contributed by atoms with van der Waals surface area (Å²) >= 11 is 17.3. The van der Waals surface area contributed by atoms with E-state index in [2.05, 4.69) is 15.7 Å². The molecule has 0 amide bonds. The molecule has 144 valence electrons. The lowest BCUT2D eigenvalue weighted by Gasteiger charge is -2.10. The van der Waals surface area contributed by atoms with Crippen LogP contribution in [0.4, 0.5) is 11.4 Å². The number of carbonyl (C=O) groups excluding carboxylic acids is 1. The standard InChI is InChI=1S/C19H16Cl2N4O2S/c1-27-18(26)15-5-3-2-4-12(15)10-25-11-14(9-22-25)23-19(28)24-17-7-6-13(20)8-16(17)21/h2-9,11H,10H2,1H3,(H2,23,24,28). The van der Waals surface area contributed by atoms with Crippen LogP contribution in [0.1, 0.15) is 15.9 Å². The van der Waals surface area contributed by atoms with Gasteiger partial charge in [0.2, 0.25) is 0 Å². The first-order valence-corrected chi connectivity index (χ1v) is 9.34. The third kappa shape index (κ3) is 5.01. The predicted octanol–water partition coefficient (Wildman–Crippen LogP) is 4.83. The Balaban J connectivity index is 1.66. The van der Waals surface area contributed by atoms with Crippen LogP contribution in [0.3, 0.4) is 0 Å². The Labute approximate surface area is 177 Å². The number of rotatable bonds is 5. The highest BCUT2D eigenvalue weighted by atomic mass is 35.5. The van der Waals surface area contributed by atoms with E-state index in [1.807, 2.05) is 12.1 Å². The molecule has 9 heteroatoms. The van der Waals surface area contributed by atoms with Crippen molar-refractivity contribution < 1.29 is 9.53 Å². The van der Waals surface area contributed by atoms with E-state index in [1.165, 1.54) is 7.11 Å². The maximum absolute atomic E-state index is 11.9. The molecule has 0 radical (unpaired) electrons. The van der Waals surface area contributed by atoms with Gasteiger partial charge in [-0.25, -0.2) is 4.79 Å². The maximum atomic E-state index is 11.9. The molecule has 3 rings (SSSR count). The summed E-state index contributed by atoms with van der Waals surface area (Å²) in [4.78, 5) is 11.9. The fraction of sp³-hybridized carbons (Fsp3) is 0.105. The highest BCUT2D eigenvalue weighted by Gasteiger charge is 2.12. The van der Waals surface area contributed by atoms with Crippen molar-refractivity contribution in [3.05, 3.63) is 76.0 Å². The number of methoxy groups -OCH3 is 1. The van der Waals surface area contributed by atoms with Crippen molar-refractivity contribution in [1.29, 1.82) is 0 Å². The maximum Gasteiger partial charge on any atom is 0.338 e. The summed E-state index contributed by atoms with van der Waals surface area (Å²) in [5.74, 6) is -0.383. The number of nitrogens with zero attached hydrogens (tertiary/aromatic N) is 2. The average molecular weight is 435 g/mol. The van der Waals surface area contributed by atoms with Crippen LogP contribution < -0.4 is 10.6 Å². The highest BCUT2D eigenvalue weighted by Crippen LogP contribution is 2.25. The summed E-state index contributed by atoms with van der Waals surface area (Å²) in [5.41, 5.74) is 2.64. The van der Waals surface area contributed by atoms with Crippen molar-refractivity contribution in [2.45, 2.75) is 6.54 Å². The van der Waals surface area contributed by atoms with E-state index in [0.29, 0.717) is 38.6 Å². The molecule has 0 aliphatic rings. The van der Waals surface area contributed by atoms with E-state index < -0.39 is 0 Å². The fourth-order valence-electron chi connectivity index (χ4n) is 2.53. The Morgan fingerprint density at radius 2 is 2.00 bits per heavy atom. The number of halogens is 2. The zero-order valence-electron chi connectivity index (χ0n) is 14.8. The minimum absolute atomic E-state index is 0.360. The van der Waals surface area contributed by atoms with Crippen molar-refractivity contribution in [1.82, 2.24) is 9.78 Å². The lowest BCUT2D eigenvalue weighted by molar-refractivity contribution is 0.0599. The van der Waals surface area contributed by atoms with E-state index in [9.17, 15) is 4.79 Å². The first-order chi connectivity index (χ1) is 13.5. The van der Waals surface area contributed by atoms with Crippen LogP contribution in [0.15, 0.2) is 54.9 Å². The van der Waals surface area contributed by atoms with E-state index in [0.717, 1.165) is 5.56 Å². The van der Waals surface area contributed by atoms with Crippen LogP contribution in [0, 0.1) is 0 Å². The van der Waals surface area contributed by atoms with Crippen molar-refractivity contribution >= 4 is 57.9 Å². The number of thiocarbonyl (C=S) groups is 1. The number of anilines is 2. The Bertz CT molecular complexity index is 1020. The van der Waals surface area contributed by atoms with Gasteiger partial charge in [-0.3, -0.25) is 4.68 Å². The molecule has 1 heterocycles. The number of hydrogen-bond donors (Lipinski definition) is 2. The van der Waals surface area contributed by atoms with Crippen LogP contribution in [0.25, 0.3) is 0 Å². The molecule has 0 fully saturated rings. The molecule has 0 aliphatic heterocycles. The van der Waals surface area contributed by atoms with Gasteiger partial charge in [0.05, 0.1) is 41.8 Å². The van der Waals surface area contributed by atoms with Gasteiger partial charge < -0.3 is 15.4 Å². The second kappa shape index (κ2) is 9.05. The Morgan fingerprint density at radius 3 is 2.75 bits per heavy atom. The fourth-order valence-corrected chi connectivity index (χ4v) is 3.22.